The fourth-order valence-electron chi connectivity index (χ4n) is 4.28. The minimum atomic E-state index is -1.02. The van der Waals surface area contributed by atoms with Crippen LogP contribution in [0.15, 0.2) is 54.6 Å². The molecule has 5 N–H and O–H groups in total. The lowest BCUT2D eigenvalue weighted by molar-refractivity contribution is 0.194. The van der Waals surface area contributed by atoms with Gasteiger partial charge in [0, 0.05) is 31.9 Å². The number of pyridine rings is 1. The van der Waals surface area contributed by atoms with Crippen LogP contribution in [0.4, 0.5) is 22.0 Å². The molecule has 2 aromatic carbocycles. The number of hydrogen-bond donors (Lipinski definition) is 4. The van der Waals surface area contributed by atoms with Gasteiger partial charge in [-0.15, -0.1) is 0 Å². The number of nitrogens with zero attached hydrogens (tertiary/aromatic N) is 2. The van der Waals surface area contributed by atoms with Crippen molar-refractivity contribution in [2.45, 2.75) is 52.1 Å². The van der Waals surface area contributed by atoms with E-state index in [1.54, 1.807) is 14.2 Å². The molecule has 0 bridgehead atoms. The van der Waals surface area contributed by atoms with Crippen LogP contribution in [0.1, 0.15) is 49.4 Å². The minimum absolute atomic E-state index is 0.366. The summed E-state index contributed by atoms with van der Waals surface area (Å²) in [5.74, 6) is 2.33. The van der Waals surface area contributed by atoms with Crippen LogP contribution < -0.4 is 30.7 Å². The SMILES string of the molecule is CCCCCc1cc(NCCCNC(=O)O)c(N)c(N(Cc2ccc(OC)cc2)Cc2ccc(OC)cc2)n1. The Hall–Kier alpha value is -4.14. The second-order valence-corrected chi connectivity index (χ2v) is 9.42. The molecule has 0 saturated heterocycles. The highest BCUT2D eigenvalue weighted by Gasteiger charge is 2.18. The molecule has 3 rings (SSSR count). The molecular formula is C30H41N5O4. The normalized spacial score (nSPS) is 10.6. The second kappa shape index (κ2) is 15.3. The number of unbranched alkanes of at least 4 members (excludes halogenated alkanes) is 2. The lowest BCUT2D eigenvalue weighted by Gasteiger charge is -2.27. The molecule has 0 aliphatic carbocycles. The zero-order valence-electron chi connectivity index (χ0n) is 23.2. The maximum Gasteiger partial charge on any atom is 0.404 e. The first kappa shape index (κ1) is 29.4. The number of nitrogen functional groups attached to an aromatic ring is 1. The van der Waals surface area contributed by atoms with Gasteiger partial charge in [0.15, 0.2) is 5.82 Å². The summed E-state index contributed by atoms with van der Waals surface area (Å²) in [6, 6.07) is 18.1. The maximum atomic E-state index is 10.8. The molecule has 0 radical (unpaired) electrons. The number of methoxy groups -OCH3 is 2. The average Bonchev–Trinajstić information content (AvgIpc) is 2.94. The van der Waals surface area contributed by atoms with E-state index < -0.39 is 6.09 Å². The first-order chi connectivity index (χ1) is 18.9. The zero-order valence-corrected chi connectivity index (χ0v) is 23.2. The van der Waals surface area contributed by atoms with Crippen LogP contribution in [-0.2, 0) is 19.5 Å². The molecule has 0 unspecified atom stereocenters. The van der Waals surface area contributed by atoms with Crippen molar-refractivity contribution in [2.24, 2.45) is 0 Å². The van der Waals surface area contributed by atoms with Crippen LogP contribution in [0.5, 0.6) is 11.5 Å². The van der Waals surface area contributed by atoms with E-state index in [1.165, 1.54) is 0 Å². The predicted octanol–water partition coefficient (Wildman–Crippen LogP) is 5.69. The number of hydrogen-bond acceptors (Lipinski definition) is 7. The summed E-state index contributed by atoms with van der Waals surface area (Å²) in [5, 5.41) is 14.6. The van der Waals surface area contributed by atoms with Crippen LogP contribution in [0, 0.1) is 0 Å². The molecule has 0 aliphatic rings. The molecule has 0 spiro atoms. The third-order valence-corrected chi connectivity index (χ3v) is 6.44. The Kier molecular flexibility index (Phi) is 11.6. The Morgan fingerprint density at radius 3 is 2.03 bits per heavy atom. The topological polar surface area (TPSA) is 122 Å². The summed E-state index contributed by atoms with van der Waals surface area (Å²) >= 11 is 0. The van der Waals surface area contributed by atoms with Gasteiger partial charge in [-0.25, -0.2) is 9.78 Å². The van der Waals surface area contributed by atoms with E-state index in [2.05, 4.69) is 46.7 Å². The number of aromatic nitrogens is 1. The highest BCUT2D eigenvalue weighted by atomic mass is 16.5. The van der Waals surface area contributed by atoms with Gasteiger partial charge in [-0.05, 0) is 60.7 Å². The van der Waals surface area contributed by atoms with Gasteiger partial charge in [0.2, 0.25) is 0 Å². The number of ether oxygens (including phenoxy) is 2. The van der Waals surface area contributed by atoms with Gasteiger partial charge in [0.1, 0.15) is 11.5 Å². The van der Waals surface area contributed by atoms with Gasteiger partial charge in [0.05, 0.1) is 25.6 Å². The Bertz CT molecular complexity index is 1120. The number of amides is 1. The van der Waals surface area contributed by atoms with Crippen molar-refractivity contribution < 1.29 is 19.4 Å². The smallest absolute Gasteiger partial charge is 0.404 e. The molecule has 0 fully saturated rings. The fraction of sp³-hybridized carbons (Fsp3) is 0.400. The van der Waals surface area contributed by atoms with E-state index in [0.29, 0.717) is 38.3 Å². The Morgan fingerprint density at radius 2 is 1.51 bits per heavy atom. The van der Waals surface area contributed by atoms with Gasteiger partial charge in [-0.3, -0.25) is 0 Å². The van der Waals surface area contributed by atoms with Gasteiger partial charge in [-0.2, -0.15) is 0 Å². The molecule has 1 amide bonds. The number of benzene rings is 2. The van der Waals surface area contributed by atoms with Crippen LogP contribution in [0.3, 0.4) is 0 Å². The van der Waals surface area contributed by atoms with Gasteiger partial charge in [-0.1, -0.05) is 44.0 Å². The zero-order chi connectivity index (χ0) is 28.0. The summed E-state index contributed by atoms with van der Waals surface area (Å²) in [5.41, 5.74) is 11.3. The third-order valence-electron chi connectivity index (χ3n) is 6.44. The molecule has 9 nitrogen and oxygen atoms in total. The highest BCUT2D eigenvalue weighted by Crippen LogP contribution is 2.33. The van der Waals surface area contributed by atoms with Crippen molar-refractivity contribution in [3.63, 3.8) is 0 Å². The van der Waals surface area contributed by atoms with Gasteiger partial charge in [0.25, 0.3) is 0 Å². The number of anilines is 3. The van der Waals surface area contributed by atoms with Crippen LogP contribution >= 0.6 is 0 Å². The number of nitrogens with two attached hydrogens (primary N) is 1. The van der Waals surface area contributed by atoms with Crippen LogP contribution in [0.2, 0.25) is 0 Å². The van der Waals surface area contributed by atoms with Crippen molar-refractivity contribution in [1.82, 2.24) is 10.3 Å². The fourth-order valence-corrected chi connectivity index (χ4v) is 4.28. The predicted molar refractivity (Wildman–Crippen MR) is 157 cm³/mol. The summed E-state index contributed by atoms with van der Waals surface area (Å²) in [7, 11) is 3.32. The molecule has 3 aromatic rings. The minimum Gasteiger partial charge on any atom is -0.497 e. The van der Waals surface area contributed by atoms with E-state index in [1.807, 2.05) is 30.3 Å². The number of carbonyl (C=O) groups is 1. The monoisotopic (exact) mass is 535 g/mol. The molecular weight excluding hydrogens is 494 g/mol. The van der Waals surface area contributed by atoms with Gasteiger partial charge >= 0.3 is 6.09 Å². The standard InChI is InChI=1S/C30H41N5O4/c1-4-5-6-8-24-19-27(32-17-7-18-33-30(36)37)28(31)29(34-24)35(20-22-9-13-25(38-2)14-10-22)21-23-11-15-26(39-3)16-12-23/h9-16,19,33H,4-8,17-18,20-21,31H2,1-3H3,(H,32,34)(H,36,37). The third kappa shape index (κ3) is 9.28. The number of carboxylic acid groups (broad SMARTS) is 1. The lowest BCUT2D eigenvalue weighted by Crippen LogP contribution is -2.26. The largest absolute Gasteiger partial charge is 0.497 e. The Labute approximate surface area is 231 Å². The van der Waals surface area contributed by atoms with Crippen LogP contribution in [-0.4, -0.2) is 43.5 Å². The molecule has 1 aromatic heterocycles. The summed E-state index contributed by atoms with van der Waals surface area (Å²) < 4.78 is 10.7. The molecule has 0 atom stereocenters. The quantitative estimate of drug-likeness (QED) is 0.173. The summed E-state index contributed by atoms with van der Waals surface area (Å²) in [4.78, 5) is 18.0. The van der Waals surface area contributed by atoms with E-state index in [9.17, 15) is 4.79 Å². The lowest BCUT2D eigenvalue weighted by atomic mass is 10.1. The number of aryl methyl sites for hydroxylation is 1. The second-order valence-electron chi connectivity index (χ2n) is 9.42. The van der Waals surface area contributed by atoms with Crippen molar-refractivity contribution in [1.29, 1.82) is 0 Å². The first-order valence-corrected chi connectivity index (χ1v) is 13.4. The van der Waals surface area contributed by atoms with Crippen molar-refractivity contribution in [3.8, 4) is 11.5 Å². The Balaban J connectivity index is 1.94. The van der Waals surface area contributed by atoms with E-state index >= 15 is 0 Å². The average molecular weight is 536 g/mol. The number of nitrogens with one attached hydrogen (secondary N) is 2. The van der Waals surface area contributed by atoms with E-state index in [0.717, 1.165) is 65.5 Å². The molecule has 1 heterocycles. The first-order valence-electron chi connectivity index (χ1n) is 13.4. The summed E-state index contributed by atoms with van der Waals surface area (Å²) in [6.07, 6.45) is 3.78. The molecule has 210 valence electrons. The van der Waals surface area contributed by atoms with Crippen molar-refractivity contribution in [3.05, 3.63) is 71.4 Å². The molecule has 0 aliphatic heterocycles. The summed E-state index contributed by atoms with van der Waals surface area (Å²) in [6.45, 7) is 4.34. The Morgan fingerprint density at radius 1 is 0.923 bits per heavy atom. The maximum absolute atomic E-state index is 10.8. The molecule has 0 saturated carbocycles. The molecule has 9 heteroatoms. The van der Waals surface area contributed by atoms with E-state index in [4.69, 9.17) is 25.3 Å². The highest BCUT2D eigenvalue weighted by molar-refractivity contribution is 5.79. The molecule has 39 heavy (non-hydrogen) atoms. The van der Waals surface area contributed by atoms with Crippen LogP contribution in [0.25, 0.3) is 0 Å². The van der Waals surface area contributed by atoms with Crippen molar-refractivity contribution in [2.75, 3.05) is 43.3 Å². The number of rotatable bonds is 16. The van der Waals surface area contributed by atoms with Crippen molar-refractivity contribution >= 4 is 23.3 Å². The van der Waals surface area contributed by atoms with Gasteiger partial charge < -0.3 is 35.8 Å². The van der Waals surface area contributed by atoms with E-state index in [-0.39, 0.29) is 0 Å².